The van der Waals surface area contributed by atoms with Crippen molar-refractivity contribution in [3.05, 3.63) is 75.7 Å². The summed E-state index contributed by atoms with van der Waals surface area (Å²) in [7, 11) is 1.62. The first kappa shape index (κ1) is 15.0. The molecule has 0 aliphatic rings. The van der Waals surface area contributed by atoms with Crippen LogP contribution in [0.1, 0.15) is 16.8 Å². The van der Waals surface area contributed by atoms with Gasteiger partial charge >= 0.3 is 0 Å². The van der Waals surface area contributed by atoms with Crippen molar-refractivity contribution in [3.63, 3.8) is 0 Å². The molecule has 0 radical (unpaired) electrons. The predicted octanol–water partition coefficient (Wildman–Crippen LogP) is 2.74. The van der Waals surface area contributed by atoms with Crippen LogP contribution in [-0.4, -0.2) is 22.3 Å². The first-order chi connectivity index (χ1) is 11.2. The molecule has 1 N–H and O–H groups in total. The monoisotopic (exact) mass is 307 g/mol. The van der Waals surface area contributed by atoms with Gasteiger partial charge in [-0.05, 0) is 24.6 Å². The molecule has 0 atom stereocenters. The lowest BCUT2D eigenvalue weighted by Gasteiger charge is -2.05. The maximum Gasteiger partial charge on any atom is 0.286 e. The summed E-state index contributed by atoms with van der Waals surface area (Å²) in [5, 5.41) is 6.57. The molecule has 0 saturated heterocycles. The molecule has 0 fully saturated rings. The molecular weight excluding hydrogens is 290 g/mol. The van der Waals surface area contributed by atoms with E-state index in [1.54, 1.807) is 7.11 Å². The van der Waals surface area contributed by atoms with Crippen LogP contribution in [0, 0.1) is 6.92 Å². The van der Waals surface area contributed by atoms with E-state index in [4.69, 9.17) is 4.74 Å². The lowest BCUT2D eigenvalue weighted by molar-refractivity contribution is 0.414. The number of nitrogens with zero attached hydrogens (tertiary/aromatic N) is 2. The average Bonchev–Trinajstić information content (AvgIpc) is 2.58. The second kappa shape index (κ2) is 6.44. The van der Waals surface area contributed by atoms with Crippen molar-refractivity contribution in [1.29, 1.82) is 0 Å². The van der Waals surface area contributed by atoms with Crippen molar-refractivity contribution in [2.45, 2.75) is 13.3 Å². The predicted molar refractivity (Wildman–Crippen MR) is 88.6 cm³/mol. The Kier molecular flexibility index (Phi) is 4.19. The Bertz CT molecular complexity index is 853. The number of hydrogen-bond acceptors (Lipinski definition) is 4. The van der Waals surface area contributed by atoms with Crippen molar-refractivity contribution in [1.82, 2.24) is 15.2 Å². The molecule has 3 aromatic rings. The molecular formula is C18H17N3O2. The Morgan fingerprint density at radius 3 is 2.39 bits per heavy atom. The van der Waals surface area contributed by atoms with Gasteiger partial charge in [-0.15, -0.1) is 0 Å². The zero-order chi connectivity index (χ0) is 16.2. The van der Waals surface area contributed by atoms with Gasteiger partial charge in [-0.3, -0.25) is 4.79 Å². The van der Waals surface area contributed by atoms with Gasteiger partial charge in [0.1, 0.15) is 11.4 Å². The van der Waals surface area contributed by atoms with Crippen LogP contribution in [0.2, 0.25) is 0 Å². The fourth-order valence-corrected chi connectivity index (χ4v) is 2.26. The summed E-state index contributed by atoms with van der Waals surface area (Å²) in [5.74, 6) is 1.30. The number of H-pyrrole nitrogens is 1. The molecule has 1 aromatic heterocycles. The van der Waals surface area contributed by atoms with Gasteiger partial charge in [-0.2, -0.15) is 5.10 Å². The Labute approximate surface area is 134 Å². The number of hydrogen-bond donors (Lipinski definition) is 1. The summed E-state index contributed by atoms with van der Waals surface area (Å²) in [6.07, 6.45) is 0.445. The number of aromatic amines is 1. The number of benzene rings is 2. The molecule has 0 bridgehead atoms. The van der Waals surface area contributed by atoms with E-state index < -0.39 is 0 Å². The number of ether oxygens (including phenoxy) is 1. The molecule has 5 heteroatoms. The highest BCUT2D eigenvalue weighted by Crippen LogP contribution is 2.16. The standard InChI is InChI=1S/C18H17N3O2/c1-12-3-7-14(8-4-12)17-19-16(18(22)21-20-17)11-13-5-9-15(23-2)10-6-13/h3-10H,11H2,1-2H3,(H,21,22). The summed E-state index contributed by atoms with van der Waals surface area (Å²) >= 11 is 0. The highest BCUT2D eigenvalue weighted by atomic mass is 16.5. The Balaban J connectivity index is 1.91. The van der Waals surface area contributed by atoms with E-state index in [0.29, 0.717) is 17.9 Å². The minimum atomic E-state index is -0.267. The third kappa shape index (κ3) is 3.45. The molecule has 0 spiro atoms. The van der Waals surface area contributed by atoms with E-state index in [2.05, 4.69) is 15.2 Å². The zero-order valence-electron chi connectivity index (χ0n) is 13.0. The molecule has 0 unspecified atom stereocenters. The van der Waals surface area contributed by atoms with Gasteiger partial charge in [0, 0.05) is 12.0 Å². The quantitative estimate of drug-likeness (QED) is 0.804. The smallest absolute Gasteiger partial charge is 0.286 e. The van der Waals surface area contributed by atoms with Crippen molar-refractivity contribution < 1.29 is 4.74 Å². The molecule has 1 heterocycles. The van der Waals surface area contributed by atoms with Crippen LogP contribution >= 0.6 is 0 Å². The van der Waals surface area contributed by atoms with Crippen molar-refractivity contribution in [3.8, 4) is 17.1 Å². The zero-order valence-corrected chi connectivity index (χ0v) is 13.0. The molecule has 3 rings (SSSR count). The van der Waals surface area contributed by atoms with Gasteiger partial charge in [0.15, 0.2) is 5.82 Å². The maximum absolute atomic E-state index is 12.0. The third-order valence-corrected chi connectivity index (χ3v) is 3.61. The van der Waals surface area contributed by atoms with Gasteiger partial charge in [-0.1, -0.05) is 42.0 Å². The first-order valence-electron chi connectivity index (χ1n) is 7.31. The van der Waals surface area contributed by atoms with Crippen LogP contribution in [-0.2, 0) is 6.42 Å². The number of aryl methyl sites for hydroxylation is 1. The largest absolute Gasteiger partial charge is 0.497 e. The number of nitrogens with one attached hydrogen (secondary N) is 1. The second-order valence-electron chi connectivity index (χ2n) is 5.33. The van der Waals surface area contributed by atoms with Gasteiger partial charge in [0.05, 0.1) is 7.11 Å². The van der Waals surface area contributed by atoms with Gasteiger partial charge < -0.3 is 4.74 Å². The molecule has 5 nitrogen and oxygen atoms in total. The normalized spacial score (nSPS) is 10.5. The van der Waals surface area contributed by atoms with E-state index in [0.717, 1.165) is 22.4 Å². The molecule has 0 saturated carbocycles. The van der Waals surface area contributed by atoms with Crippen LogP contribution in [0.25, 0.3) is 11.4 Å². The fraction of sp³-hybridized carbons (Fsp3) is 0.167. The van der Waals surface area contributed by atoms with Gasteiger partial charge in [0.25, 0.3) is 5.56 Å². The Morgan fingerprint density at radius 2 is 1.74 bits per heavy atom. The van der Waals surface area contributed by atoms with Crippen LogP contribution in [0.3, 0.4) is 0 Å². The van der Waals surface area contributed by atoms with Crippen LogP contribution in [0.15, 0.2) is 53.3 Å². The number of aromatic nitrogens is 3. The molecule has 0 aliphatic carbocycles. The van der Waals surface area contributed by atoms with Gasteiger partial charge in [0.2, 0.25) is 0 Å². The van der Waals surface area contributed by atoms with Crippen LogP contribution in [0.4, 0.5) is 0 Å². The summed E-state index contributed by atoms with van der Waals surface area (Å²) in [5.41, 5.74) is 3.21. The maximum atomic E-state index is 12.0. The van der Waals surface area contributed by atoms with Crippen LogP contribution in [0.5, 0.6) is 5.75 Å². The highest BCUT2D eigenvalue weighted by molar-refractivity contribution is 5.54. The van der Waals surface area contributed by atoms with E-state index in [1.807, 2.05) is 55.5 Å². The number of methoxy groups -OCH3 is 1. The molecule has 0 amide bonds. The molecule has 23 heavy (non-hydrogen) atoms. The molecule has 116 valence electrons. The van der Waals surface area contributed by atoms with Crippen LogP contribution < -0.4 is 10.3 Å². The molecule has 2 aromatic carbocycles. The lowest BCUT2D eigenvalue weighted by Crippen LogP contribution is -2.18. The van der Waals surface area contributed by atoms with Crippen molar-refractivity contribution >= 4 is 0 Å². The summed E-state index contributed by atoms with van der Waals surface area (Å²) in [6, 6.07) is 15.5. The topological polar surface area (TPSA) is 67.9 Å². The highest BCUT2D eigenvalue weighted by Gasteiger charge is 2.08. The SMILES string of the molecule is COc1ccc(Cc2nc(-c3ccc(C)cc3)n[nH]c2=O)cc1. The summed E-state index contributed by atoms with van der Waals surface area (Å²) in [4.78, 5) is 16.4. The second-order valence-corrected chi connectivity index (χ2v) is 5.33. The van der Waals surface area contributed by atoms with E-state index in [1.165, 1.54) is 0 Å². The lowest BCUT2D eigenvalue weighted by atomic mass is 10.1. The Hall–Kier alpha value is -2.95. The van der Waals surface area contributed by atoms with Crippen molar-refractivity contribution in [2.24, 2.45) is 0 Å². The average molecular weight is 307 g/mol. The number of rotatable bonds is 4. The van der Waals surface area contributed by atoms with E-state index in [9.17, 15) is 4.79 Å². The van der Waals surface area contributed by atoms with Gasteiger partial charge in [-0.25, -0.2) is 10.1 Å². The van der Waals surface area contributed by atoms with E-state index in [-0.39, 0.29) is 5.56 Å². The third-order valence-electron chi connectivity index (χ3n) is 3.61. The first-order valence-corrected chi connectivity index (χ1v) is 7.31. The van der Waals surface area contributed by atoms with E-state index >= 15 is 0 Å². The van der Waals surface area contributed by atoms with Crippen molar-refractivity contribution in [2.75, 3.05) is 7.11 Å². The summed E-state index contributed by atoms with van der Waals surface area (Å²) in [6.45, 7) is 2.02. The Morgan fingerprint density at radius 1 is 1.04 bits per heavy atom. The fourth-order valence-electron chi connectivity index (χ4n) is 2.26. The summed E-state index contributed by atoms with van der Waals surface area (Å²) < 4.78 is 5.14. The minimum Gasteiger partial charge on any atom is -0.497 e. The minimum absolute atomic E-state index is 0.267. The molecule has 0 aliphatic heterocycles.